The Morgan fingerprint density at radius 1 is 1.04 bits per heavy atom. The number of thiophene rings is 1. The summed E-state index contributed by atoms with van der Waals surface area (Å²) in [5.74, 6) is 0.791. The number of carbonyl (C=O) groups excluding carboxylic acids is 1. The molecule has 0 saturated carbocycles. The van der Waals surface area contributed by atoms with Crippen molar-refractivity contribution in [2.75, 3.05) is 11.9 Å². The smallest absolute Gasteiger partial charge is 0.226 e. The van der Waals surface area contributed by atoms with E-state index in [1.165, 1.54) is 16.7 Å². The highest BCUT2D eigenvalue weighted by Gasteiger charge is 2.08. The van der Waals surface area contributed by atoms with Gasteiger partial charge in [0, 0.05) is 11.8 Å². The summed E-state index contributed by atoms with van der Waals surface area (Å²) in [6, 6.07) is 18.2. The lowest BCUT2D eigenvalue weighted by atomic mass is 10.1. The molecule has 0 aliphatic carbocycles. The molecule has 2 aromatic heterocycles. The van der Waals surface area contributed by atoms with Crippen LogP contribution in [0.2, 0.25) is 0 Å². The van der Waals surface area contributed by atoms with Gasteiger partial charge in [-0.05, 0) is 40.8 Å². The van der Waals surface area contributed by atoms with Crippen LogP contribution in [0.3, 0.4) is 0 Å². The van der Waals surface area contributed by atoms with Crippen LogP contribution in [0.4, 0.5) is 5.13 Å². The number of anilines is 1. The van der Waals surface area contributed by atoms with Gasteiger partial charge in [0.05, 0.1) is 17.2 Å². The maximum Gasteiger partial charge on any atom is 0.226 e. The number of ether oxygens (including phenoxy) is 1. The fraction of sp³-hybridized carbons (Fsp3) is 0.143. The Balaban J connectivity index is 1.23. The van der Waals surface area contributed by atoms with Gasteiger partial charge < -0.3 is 10.1 Å². The number of carbonyl (C=O) groups is 1. The first-order valence-electron chi connectivity index (χ1n) is 8.69. The van der Waals surface area contributed by atoms with Crippen LogP contribution in [0.5, 0.6) is 5.75 Å². The van der Waals surface area contributed by atoms with Crippen molar-refractivity contribution in [1.82, 2.24) is 4.98 Å². The molecule has 4 nitrogen and oxygen atoms in total. The lowest BCUT2D eigenvalue weighted by molar-refractivity contribution is -0.116. The Morgan fingerprint density at radius 2 is 1.93 bits per heavy atom. The molecule has 0 saturated heterocycles. The van der Waals surface area contributed by atoms with Gasteiger partial charge in [-0.25, -0.2) is 4.98 Å². The van der Waals surface area contributed by atoms with E-state index in [1.807, 2.05) is 53.2 Å². The first-order valence-corrected chi connectivity index (χ1v) is 10.4. The Bertz CT molecular complexity index is 1040. The third-order valence-electron chi connectivity index (χ3n) is 4.06. The number of hydrogen-bond acceptors (Lipinski definition) is 5. The zero-order valence-electron chi connectivity index (χ0n) is 14.6. The van der Waals surface area contributed by atoms with Crippen molar-refractivity contribution in [3.8, 4) is 16.3 Å². The summed E-state index contributed by atoms with van der Waals surface area (Å²) >= 11 is 3.08. The quantitative estimate of drug-likeness (QED) is 0.402. The van der Waals surface area contributed by atoms with Crippen LogP contribution in [0.1, 0.15) is 12.8 Å². The summed E-state index contributed by atoms with van der Waals surface area (Å²) < 4.78 is 5.78. The molecule has 6 heteroatoms. The highest BCUT2D eigenvalue weighted by molar-refractivity contribution is 7.16. The number of aromatic nitrogens is 1. The molecule has 0 bridgehead atoms. The largest absolute Gasteiger partial charge is 0.494 e. The normalized spacial score (nSPS) is 10.8. The summed E-state index contributed by atoms with van der Waals surface area (Å²) in [5, 5.41) is 9.82. The van der Waals surface area contributed by atoms with E-state index in [-0.39, 0.29) is 5.91 Å². The molecule has 4 aromatic rings. The maximum atomic E-state index is 12.1. The highest BCUT2D eigenvalue weighted by Crippen LogP contribution is 2.28. The molecule has 0 aliphatic heterocycles. The van der Waals surface area contributed by atoms with Crippen LogP contribution in [-0.4, -0.2) is 17.5 Å². The second-order valence-electron chi connectivity index (χ2n) is 6.02. The van der Waals surface area contributed by atoms with E-state index in [9.17, 15) is 4.79 Å². The first-order chi connectivity index (χ1) is 13.3. The van der Waals surface area contributed by atoms with E-state index in [4.69, 9.17) is 4.74 Å². The number of fused-ring (bicyclic) bond motifs is 1. The minimum atomic E-state index is -0.0378. The molecule has 2 heterocycles. The van der Waals surface area contributed by atoms with Gasteiger partial charge in [-0.3, -0.25) is 4.79 Å². The third kappa shape index (κ3) is 4.53. The molecule has 1 N–H and O–H groups in total. The number of nitrogens with one attached hydrogen (secondary N) is 1. The van der Waals surface area contributed by atoms with Crippen molar-refractivity contribution in [2.45, 2.75) is 12.8 Å². The Kier molecular flexibility index (Phi) is 5.46. The molecule has 0 spiro atoms. The van der Waals surface area contributed by atoms with Crippen molar-refractivity contribution in [3.63, 3.8) is 0 Å². The number of thiazole rings is 1. The van der Waals surface area contributed by atoms with Gasteiger partial charge in [0.15, 0.2) is 5.13 Å². The minimum absolute atomic E-state index is 0.0378. The molecule has 1 amide bonds. The van der Waals surface area contributed by atoms with Gasteiger partial charge in [0.1, 0.15) is 5.75 Å². The van der Waals surface area contributed by atoms with Gasteiger partial charge in [-0.1, -0.05) is 36.4 Å². The predicted octanol–water partition coefficient (Wildman–Crippen LogP) is 5.82. The third-order valence-corrected chi connectivity index (χ3v) is 5.71. The molecular weight excluding hydrogens is 376 g/mol. The van der Waals surface area contributed by atoms with Crippen molar-refractivity contribution in [1.29, 1.82) is 0 Å². The lowest BCUT2D eigenvalue weighted by Gasteiger charge is -2.07. The Labute approximate surface area is 165 Å². The molecule has 27 heavy (non-hydrogen) atoms. The average Bonchev–Trinajstić information content (AvgIpc) is 3.37. The fourth-order valence-corrected chi connectivity index (χ4v) is 4.22. The Hall–Kier alpha value is -2.70. The number of nitrogens with zero attached hydrogens (tertiary/aromatic N) is 1. The van der Waals surface area contributed by atoms with Crippen LogP contribution in [-0.2, 0) is 4.79 Å². The summed E-state index contributed by atoms with van der Waals surface area (Å²) in [5.41, 5.74) is 0.907. The van der Waals surface area contributed by atoms with Gasteiger partial charge in [0.2, 0.25) is 5.91 Å². The SMILES string of the molecule is O=C(CCCOc1ccc2ccccc2c1)Nc1nc(-c2cccs2)cs1. The second kappa shape index (κ2) is 8.33. The predicted molar refractivity (Wildman–Crippen MR) is 113 cm³/mol. The van der Waals surface area contributed by atoms with Gasteiger partial charge >= 0.3 is 0 Å². The van der Waals surface area contributed by atoms with E-state index in [1.54, 1.807) is 11.3 Å². The van der Waals surface area contributed by atoms with Crippen LogP contribution in [0.25, 0.3) is 21.3 Å². The number of benzene rings is 2. The maximum absolute atomic E-state index is 12.1. The second-order valence-corrected chi connectivity index (χ2v) is 7.83. The summed E-state index contributed by atoms with van der Waals surface area (Å²) in [7, 11) is 0. The van der Waals surface area contributed by atoms with Crippen LogP contribution < -0.4 is 10.1 Å². The number of rotatable bonds is 7. The first kappa shape index (κ1) is 17.7. The van der Waals surface area contributed by atoms with E-state index in [0.717, 1.165) is 21.7 Å². The van der Waals surface area contributed by atoms with Gasteiger partial charge in [0.25, 0.3) is 0 Å². The van der Waals surface area contributed by atoms with E-state index >= 15 is 0 Å². The van der Waals surface area contributed by atoms with Crippen molar-refractivity contribution < 1.29 is 9.53 Å². The van der Waals surface area contributed by atoms with Crippen LogP contribution in [0.15, 0.2) is 65.4 Å². The minimum Gasteiger partial charge on any atom is -0.494 e. The topological polar surface area (TPSA) is 51.2 Å². The standard InChI is InChI=1S/C21H18N2O2S2/c24-20(23-21-22-18(14-27-21)19-7-4-12-26-19)8-3-11-25-17-10-9-15-5-1-2-6-16(15)13-17/h1-2,4-7,9-10,12-14H,3,8,11H2,(H,22,23,24). The molecule has 0 unspecified atom stereocenters. The van der Waals surface area contributed by atoms with Crippen molar-refractivity contribution in [2.24, 2.45) is 0 Å². The molecular formula is C21H18N2O2S2. The number of hydrogen-bond donors (Lipinski definition) is 1. The molecule has 0 atom stereocenters. The van der Waals surface area contributed by atoms with E-state index < -0.39 is 0 Å². The molecule has 4 rings (SSSR count). The summed E-state index contributed by atoms with van der Waals surface area (Å²) in [6.07, 6.45) is 1.06. The summed E-state index contributed by atoms with van der Waals surface area (Å²) in [6.45, 7) is 0.504. The molecule has 0 radical (unpaired) electrons. The van der Waals surface area contributed by atoms with Crippen molar-refractivity contribution >= 4 is 44.5 Å². The lowest BCUT2D eigenvalue weighted by Crippen LogP contribution is -2.12. The average molecular weight is 395 g/mol. The Morgan fingerprint density at radius 3 is 2.78 bits per heavy atom. The van der Waals surface area contributed by atoms with E-state index in [2.05, 4.69) is 22.4 Å². The fourth-order valence-electron chi connectivity index (χ4n) is 2.73. The van der Waals surface area contributed by atoms with E-state index in [0.29, 0.717) is 24.6 Å². The van der Waals surface area contributed by atoms with Crippen molar-refractivity contribution in [3.05, 3.63) is 65.4 Å². The van der Waals surface area contributed by atoms with Crippen LogP contribution in [0, 0.1) is 0 Å². The molecule has 136 valence electrons. The zero-order valence-corrected chi connectivity index (χ0v) is 16.2. The molecule has 0 fully saturated rings. The molecule has 0 aliphatic rings. The van der Waals surface area contributed by atoms with Crippen LogP contribution >= 0.6 is 22.7 Å². The molecule has 2 aromatic carbocycles. The zero-order chi connectivity index (χ0) is 18.5. The van der Waals surface area contributed by atoms with Gasteiger partial charge in [-0.2, -0.15) is 0 Å². The number of amides is 1. The summed E-state index contributed by atoms with van der Waals surface area (Å²) in [4.78, 5) is 17.7. The van der Waals surface area contributed by atoms with Gasteiger partial charge in [-0.15, -0.1) is 22.7 Å². The highest BCUT2D eigenvalue weighted by atomic mass is 32.1. The monoisotopic (exact) mass is 394 g/mol.